The molecule has 1 amide bonds. The number of carboxylic acids is 1. The second-order valence-electron chi connectivity index (χ2n) is 5.42. The predicted octanol–water partition coefficient (Wildman–Crippen LogP) is 3.72. The lowest BCUT2D eigenvalue weighted by Gasteiger charge is -2.15. The SMILES string of the molecule is Cc1ccc(CC(=O)Nc2cc(C(=O)O)ccc2OC(C)C)s1. The first kappa shape index (κ1) is 17.0. The molecule has 6 heteroatoms. The van der Waals surface area contributed by atoms with E-state index in [1.807, 2.05) is 32.9 Å². The Morgan fingerprint density at radius 2 is 2.00 bits per heavy atom. The number of thiophene rings is 1. The molecule has 0 aliphatic rings. The fourth-order valence-corrected chi connectivity index (χ4v) is 2.94. The number of hydrogen-bond acceptors (Lipinski definition) is 4. The molecule has 2 rings (SSSR count). The fraction of sp³-hybridized carbons (Fsp3) is 0.294. The van der Waals surface area contributed by atoms with Gasteiger partial charge < -0.3 is 15.2 Å². The number of carboxylic acid groups (broad SMARTS) is 1. The van der Waals surface area contributed by atoms with Crippen molar-refractivity contribution >= 4 is 28.9 Å². The highest BCUT2D eigenvalue weighted by molar-refractivity contribution is 7.12. The third-order valence-electron chi connectivity index (χ3n) is 2.99. The molecular weight excluding hydrogens is 314 g/mol. The number of aryl methyl sites for hydroxylation is 1. The minimum absolute atomic E-state index is 0.0822. The standard InChI is InChI=1S/C17H19NO4S/c1-10(2)22-15-7-5-12(17(20)21)8-14(15)18-16(19)9-13-6-4-11(3)23-13/h4-8,10H,9H2,1-3H3,(H,18,19)(H,20,21). The lowest BCUT2D eigenvalue weighted by atomic mass is 10.1. The first-order chi connectivity index (χ1) is 10.8. The lowest BCUT2D eigenvalue weighted by molar-refractivity contribution is -0.115. The van der Waals surface area contributed by atoms with E-state index in [0.717, 1.165) is 9.75 Å². The minimum atomic E-state index is -1.05. The maximum Gasteiger partial charge on any atom is 0.335 e. The first-order valence-corrected chi connectivity index (χ1v) is 8.06. The third kappa shape index (κ3) is 4.82. The number of carbonyl (C=O) groups excluding carboxylic acids is 1. The highest BCUT2D eigenvalue weighted by atomic mass is 32.1. The van der Waals surface area contributed by atoms with Gasteiger partial charge in [0, 0.05) is 9.75 Å². The van der Waals surface area contributed by atoms with Crippen LogP contribution in [0, 0.1) is 6.92 Å². The summed E-state index contributed by atoms with van der Waals surface area (Å²) in [5, 5.41) is 11.9. The van der Waals surface area contributed by atoms with Gasteiger partial charge in [-0.05, 0) is 51.1 Å². The van der Waals surface area contributed by atoms with Crippen molar-refractivity contribution in [1.29, 1.82) is 0 Å². The third-order valence-corrected chi connectivity index (χ3v) is 3.99. The average Bonchev–Trinajstić information content (AvgIpc) is 2.85. The molecule has 0 radical (unpaired) electrons. The molecule has 0 unspecified atom stereocenters. The van der Waals surface area contributed by atoms with Crippen molar-refractivity contribution in [3.8, 4) is 5.75 Å². The van der Waals surface area contributed by atoms with Gasteiger partial charge in [-0.15, -0.1) is 11.3 Å². The van der Waals surface area contributed by atoms with Gasteiger partial charge in [0.1, 0.15) is 5.75 Å². The smallest absolute Gasteiger partial charge is 0.335 e. The van der Waals surface area contributed by atoms with Crippen LogP contribution in [0.3, 0.4) is 0 Å². The van der Waals surface area contributed by atoms with E-state index in [2.05, 4.69) is 5.32 Å². The van der Waals surface area contributed by atoms with Gasteiger partial charge in [0.05, 0.1) is 23.8 Å². The largest absolute Gasteiger partial charge is 0.489 e. The van der Waals surface area contributed by atoms with Crippen molar-refractivity contribution in [2.75, 3.05) is 5.32 Å². The van der Waals surface area contributed by atoms with Crippen molar-refractivity contribution in [1.82, 2.24) is 0 Å². The molecular formula is C17H19NO4S. The van der Waals surface area contributed by atoms with Crippen molar-refractivity contribution in [3.05, 3.63) is 45.6 Å². The molecule has 0 aliphatic heterocycles. The monoisotopic (exact) mass is 333 g/mol. The molecule has 23 heavy (non-hydrogen) atoms. The molecule has 0 fully saturated rings. The molecule has 0 saturated carbocycles. The van der Waals surface area contributed by atoms with Crippen LogP contribution in [0.15, 0.2) is 30.3 Å². The summed E-state index contributed by atoms with van der Waals surface area (Å²) in [4.78, 5) is 25.4. The summed E-state index contributed by atoms with van der Waals surface area (Å²) < 4.78 is 5.63. The molecule has 5 nitrogen and oxygen atoms in total. The van der Waals surface area contributed by atoms with Gasteiger partial charge in [-0.25, -0.2) is 4.79 Å². The molecule has 1 aromatic heterocycles. The molecule has 1 aromatic carbocycles. The van der Waals surface area contributed by atoms with Crippen molar-refractivity contribution in [2.45, 2.75) is 33.3 Å². The predicted molar refractivity (Wildman–Crippen MR) is 90.6 cm³/mol. The van der Waals surface area contributed by atoms with Crippen LogP contribution in [0.1, 0.15) is 34.0 Å². The highest BCUT2D eigenvalue weighted by Gasteiger charge is 2.14. The maximum absolute atomic E-state index is 12.2. The van der Waals surface area contributed by atoms with Gasteiger partial charge in [0.2, 0.25) is 5.91 Å². The molecule has 2 N–H and O–H groups in total. The Labute approximate surface area is 138 Å². The van der Waals surface area contributed by atoms with Gasteiger partial charge in [-0.3, -0.25) is 4.79 Å². The normalized spacial score (nSPS) is 10.6. The van der Waals surface area contributed by atoms with Gasteiger partial charge >= 0.3 is 5.97 Å². The van der Waals surface area contributed by atoms with Crippen molar-refractivity contribution in [2.24, 2.45) is 0 Å². The summed E-state index contributed by atoms with van der Waals surface area (Å²) in [5.74, 6) is -0.797. The number of anilines is 1. The fourth-order valence-electron chi connectivity index (χ4n) is 2.05. The van der Waals surface area contributed by atoms with Gasteiger partial charge in [-0.1, -0.05) is 0 Å². The number of amides is 1. The van der Waals surface area contributed by atoms with Crippen LogP contribution in [0.4, 0.5) is 5.69 Å². The number of ether oxygens (including phenoxy) is 1. The minimum Gasteiger partial charge on any atom is -0.489 e. The molecule has 0 spiro atoms. The molecule has 0 aliphatic carbocycles. The van der Waals surface area contributed by atoms with Crippen LogP contribution < -0.4 is 10.1 Å². The molecule has 0 atom stereocenters. The van der Waals surface area contributed by atoms with E-state index in [0.29, 0.717) is 11.4 Å². The van der Waals surface area contributed by atoms with Crippen LogP contribution in [-0.2, 0) is 11.2 Å². The van der Waals surface area contributed by atoms with Gasteiger partial charge in [0.15, 0.2) is 0 Å². The molecule has 2 aromatic rings. The molecule has 0 bridgehead atoms. The van der Waals surface area contributed by atoms with Gasteiger partial charge in [-0.2, -0.15) is 0 Å². The molecule has 0 saturated heterocycles. The van der Waals surface area contributed by atoms with Crippen LogP contribution >= 0.6 is 11.3 Å². The summed E-state index contributed by atoms with van der Waals surface area (Å²) in [7, 11) is 0. The van der Waals surface area contributed by atoms with E-state index in [4.69, 9.17) is 9.84 Å². The van der Waals surface area contributed by atoms with Crippen LogP contribution in [0.2, 0.25) is 0 Å². The maximum atomic E-state index is 12.2. The number of rotatable bonds is 6. The Morgan fingerprint density at radius 1 is 1.26 bits per heavy atom. The highest BCUT2D eigenvalue weighted by Crippen LogP contribution is 2.27. The Hall–Kier alpha value is -2.34. The number of nitrogens with one attached hydrogen (secondary N) is 1. The van der Waals surface area contributed by atoms with E-state index in [-0.39, 0.29) is 24.0 Å². The zero-order valence-electron chi connectivity index (χ0n) is 13.3. The Kier molecular flexibility index (Phi) is 5.39. The van der Waals surface area contributed by atoms with Crippen molar-refractivity contribution < 1.29 is 19.4 Å². The van der Waals surface area contributed by atoms with Crippen LogP contribution in [0.25, 0.3) is 0 Å². The summed E-state index contributed by atoms with van der Waals surface area (Å²) in [5.41, 5.74) is 0.472. The quantitative estimate of drug-likeness (QED) is 0.845. The van der Waals surface area contributed by atoms with Crippen LogP contribution in [-0.4, -0.2) is 23.1 Å². The van der Waals surface area contributed by atoms with E-state index >= 15 is 0 Å². The van der Waals surface area contributed by atoms with E-state index < -0.39 is 5.97 Å². The molecule has 1 heterocycles. The first-order valence-electron chi connectivity index (χ1n) is 7.24. The molecule has 122 valence electrons. The number of carbonyl (C=O) groups is 2. The van der Waals surface area contributed by atoms with E-state index in [1.165, 1.54) is 12.1 Å². The topological polar surface area (TPSA) is 75.6 Å². The number of hydrogen-bond donors (Lipinski definition) is 2. The Bertz CT molecular complexity index is 721. The van der Waals surface area contributed by atoms with E-state index in [9.17, 15) is 9.59 Å². The summed E-state index contributed by atoms with van der Waals surface area (Å²) in [6.07, 6.45) is 0.165. The van der Waals surface area contributed by atoms with Crippen LogP contribution in [0.5, 0.6) is 5.75 Å². The zero-order valence-corrected chi connectivity index (χ0v) is 14.1. The second-order valence-corrected chi connectivity index (χ2v) is 6.79. The van der Waals surface area contributed by atoms with E-state index in [1.54, 1.807) is 17.4 Å². The summed E-state index contributed by atoms with van der Waals surface area (Å²) in [6.45, 7) is 5.72. The van der Waals surface area contributed by atoms with Gasteiger partial charge in [0.25, 0.3) is 0 Å². The second kappa shape index (κ2) is 7.28. The Morgan fingerprint density at radius 3 is 2.57 bits per heavy atom. The Balaban J connectivity index is 2.19. The number of aromatic carboxylic acids is 1. The summed E-state index contributed by atoms with van der Waals surface area (Å²) >= 11 is 1.56. The number of benzene rings is 1. The van der Waals surface area contributed by atoms with Crippen molar-refractivity contribution in [3.63, 3.8) is 0 Å². The average molecular weight is 333 g/mol. The zero-order chi connectivity index (χ0) is 17.0. The summed E-state index contributed by atoms with van der Waals surface area (Å²) in [6, 6.07) is 8.31. The lowest BCUT2D eigenvalue weighted by Crippen LogP contribution is -2.16.